The van der Waals surface area contributed by atoms with E-state index in [0.717, 1.165) is 23.3 Å². The van der Waals surface area contributed by atoms with Crippen molar-refractivity contribution in [2.24, 2.45) is 0 Å². The molecule has 0 aliphatic rings. The van der Waals surface area contributed by atoms with Gasteiger partial charge in [-0.05, 0) is 42.2 Å². The van der Waals surface area contributed by atoms with Crippen LogP contribution < -0.4 is 0 Å². The largest absolute Gasteiger partial charge is 0.463 e. The molecule has 0 aliphatic carbocycles. The molecular weight excluding hydrogens is 317 g/mol. The zero-order chi connectivity index (χ0) is 17.6. The lowest BCUT2D eigenvalue weighted by molar-refractivity contribution is -0.138. The van der Waals surface area contributed by atoms with E-state index < -0.39 is 17.7 Å². The number of alkyl halides is 3. The smallest absolute Gasteiger partial charge is 0.416 e. The standard InChI is InChI=1S/C19H17F3O2/c1-2-24-18(23)10-9-14-5-3-6-15(11-14)12-16-7-4-8-17(13-16)19(20,21)22/h3-11,13H,2,12H2,1H3/b10-9+. The zero-order valence-electron chi connectivity index (χ0n) is 13.1. The third-order valence-corrected chi connectivity index (χ3v) is 3.31. The highest BCUT2D eigenvalue weighted by atomic mass is 19.4. The molecule has 2 nitrogen and oxygen atoms in total. The molecule has 0 saturated carbocycles. The fourth-order valence-electron chi connectivity index (χ4n) is 2.25. The second-order valence-corrected chi connectivity index (χ2v) is 5.21. The number of carbonyl (C=O) groups is 1. The molecule has 2 rings (SSSR count). The molecule has 0 unspecified atom stereocenters. The van der Waals surface area contributed by atoms with Crippen molar-refractivity contribution in [3.05, 3.63) is 76.9 Å². The van der Waals surface area contributed by atoms with Gasteiger partial charge >= 0.3 is 12.1 Å². The molecule has 0 fully saturated rings. The first-order valence-corrected chi connectivity index (χ1v) is 7.48. The van der Waals surface area contributed by atoms with Crippen LogP contribution in [0.1, 0.15) is 29.2 Å². The quantitative estimate of drug-likeness (QED) is 0.576. The van der Waals surface area contributed by atoms with Crippen LogP contribution in [0.25, 0.3) is 6.08 Å². The Morgan fingerprint density at radius 3 is 2.42 bits per heavy atom. The van der Waals surface area contributed by atoms with Gasteiger partial charge in [-0.15, -0.1) is 0 Å². The SMILES string of the molecule is CCOC(=O)/C=C/c1cccc(Cc2cccc(C(F)(F)F)c2)c1. The number of hydrogen-bond donors (Lipinski definition) is 0. The molecule has 0 amide bonds. The van der Waals surface area contributed by atoms with E-state index in [1.807, 2.05) is 18.2 Å². The molecule has 5 heteroatoms. The Morgan fingerprint density at radius 2 is 1.75 bits per heavy atom. The van der Waals surface area contributed by atoms with E-state index in [1.54, 1.807) is 25.1 Å². The average molecular weight is 334 g/mol. The molecule has 0 saturated heterocycles. The average Bonchev–Trinajstić information content (AvgIpc) is 2.53. The van der Waals surface area contributed by atoms with E-state index in [0.29, 0.717) is 18.6 Å². The highest BCUT2D eigenvalue weighted by molar-refractivity contribution is 5.87. The van der Waals surface area contributed by atoms with Gasteiger partial charge in [0.25, 0.3) is 0 Å². The normalized spacial score (nSPS) is 11.7. The molecule has 0 heterocycles. The summed E-state index contributed by atoms with van der Waals surface area (Å²) < 4.78 is 43.1. The number of hydrogen-bond acceptors (Lipinski definition) is 2. The lowest BCUT2D eigenvalue weighted by atomic mass is 10.0. The van der Waals surface area contributed by atoms with E-state index in [1.165, 1.54) is 12.1 Å². The maximum Gasteiger partial charge on any atom is 0.416 e. The first-order chi connectivity index (χ1) is 11.4. The number of halogens is 3. The number of benzene rings is 2. The predicted octanol–water partition coefficient (Wildman–Crippen LogP) is 4.87. The summed E-state index contributed by atoms with van der Waals surface area (Å²) in [6.07, 6.45) is -1.02. The Hall–Kier alpha value is -2.56. The first kappa shape index (κ1) is 17.8. The van der Waals surface area contributed by atoms with Crippen molar-refractivity contribution in [3.63, 3.8) is 0 Å². The Kier molecular flexibility index (Phi) is 5.79. The fourth-order valence-corrected chi connectivity index (χ4v) is 2.25. The highest BCUT2D eigenvalue weighted by Crippen LogP contribution is 2.30. The zero-order valence-corrected chi connectivity index (χ0v) is 13.1. The summed E-state index contributed by atoms with van der Waals surface area (Å²) in [6.45, 7) is 2.03. The maximum absolute atomic E-state index is 12.8. The van der Waals surface area contributed by atoms with Crippen molar-refractivity contribution in [3.8, 4) is 0 Å². The number of esters is 1. The van der Waals surface area contributed by atoms with Crippen LogP contribution in [0.3, 0.4) is 0 Å². The third kappa shape index (κ3) is 5.26. The van der Waals surface area contributed by atoms with E-state index in [4.69, 9.17) is 4.74 Å². The van der Waals surface area contributed by atoms with Gasteiger partial charge in [0.05, 0.1) is 12.2 Å². The van der Waals surface area contributed by atoms with Crippen molar-refractivity contribution in [1.29, 1.82) is 0 Å². The lowest BCUT2D eigenvalue weighted by Gasteiger charge is -2.09. The van der Waals surface area contributed by atoms with Crippen LogP contribution in [0.15, 0.2) is 54.6 Å². The van der Waals surface area contributed by atoms with Crippen molar-refractivity contribution >= 4 is 12.0 Å². The molecule has 0 bridgehead atoms. The van der Waals surface area contributed by atoms with Gasteiger partial charge in [-0.3, -0.25) is 0 Å². The maximum atomic E-state index is 12.8. The Morgan fingerprint density at radius 1 is 1.08 bits per heavy atom. The number of rotatable bonds is 5. The van der Waals surface area contributed by atoms with Crippen molar-refractivity contribution in [2.45, 2.75) is 19.5 Å². The molecule has 0 atom stereocenters. The Bertz CT molecular complexity index is 733. The van der Waals surface area contributed by atoms with Crippen LogP contribution in [0.2, 0.25) is 0 Å². The molecule has 24 heavy (non-hydrogen) atoms. The van der Waals surface area contributed by atoms with Crippen molar-refractivity contribution in [1.82, 2.24) is 0 Å². The summed E-state index contributed by atoms with van der Waals surface area (Å²) in [5, 5.41) is 0. The molecule has 0 aromatic heterocycles. The van der Waals surface area contributed by atoms with Gasteiger partial charge in [-0.1, -0.05) is 42.5 Å². The molecule has 2 aromatic rings. The van der Waals surface area contributed by atoms with Gasteiger partial charge in [-0.2, -0.15) is 13.2 Å². The molecule has 0 aliphatic heterocycles. The summed E-state index contributed by atoms with van der Waals surface area (Å²) in [7, 11) is 0. The van der Waals surface area contributed by atoms with E-state index >= 15 is 0 Å². The minimum absolute atomic E-state index is 0.304. The summed E-state index contributed by atoms with van der Waals surface area (Å²) in [4.78, 5) is 11.3. The summed E-state index contributed by atoms with van der Waals surface area (Å²) in [5.41, 5.74) is 1.57. The van der Waals surface area contributed by atoms with Crippen molar-refractivity contribution in [2.75, 3.05) is 6.61 Å². The molecular formula is C19H17F3O2. The second kappa shape index (κ2) is 7.81. The van der Waals surface area contributed by atoms with Gasteiger partial charge < -0.3 is 4.74 Å². The predicted molar refractivity (Wildman–Crippen MR) is 86.4 cm³/mol. The highest BCUT2D eigenvalue weighted by Gasteiger charge is 2.30. The lowest BCUT2D eigenvalue weighted by Crippen LogP contribution is -2.05. The topological polar surface area (TPSA) is 26.3 Å². The van der Waals surface area contributed by atoms with Gasteiger partial charge in [0.15, 0.2) is 0 Å². The third-order valence-electron chi connectivity index (χ3n) is 3.31. The molecule has 126 valence electrons. The monoisotopic (exact) mass is 334 g/mol. The number of ether oxygens (including phenoxy) is 1. The van der Waals surface area contributed by atoms with Gasteiger partial charge in [0, 0.05) is 6.08 Å². The second-order valence-electron chi connectivity index (χ2n) is 5.21. The van der Waals surface area contributed by atoms with Gasteiger partial charge in [0.2, 0.25) is 0 Å². The Labute approximate surface area is 138 Å². The van der Waals surface area contributed by atoms with Gasteiger partial charge in [-0.25, -0.2) is 4.79 Å². The van der Waals surface area contributed by atoms with E-state index in [-0.39, 0.29) is 0 Å². The van der Waals surface area contributed by atoms with Crippen LogP contribution in [0.4, 0.5) is 13.2 Å². The van der Waals surface area contributed by atoms with Crippen molar-refractivity contribution < 1.29 is 22.7 Å². The minimum Gasteiger partial charge on any atom is -0.463 e. The van der Waals surface area contributed by atoms with E-state index in [2.05, 4.69) is 0 Å². The minimum atomic E-state index is -4.35. The van der Waals surface area contributed by atoms with Crippen LogP contribution >= 0.6 is 0 Å². The summed E-state index contributed by atoms with van der Waals surface area (Å²) in [5.74, 6) is -0.430. The Balaban J connectivity index is 2.14. The number of carbonyl (C=O) groups excluding carboxylic acids is 1. The van der Waals surface area contributed by atoms with Crippen LogP contribution in [-0.2, 0) is 22.1 Å². The van der Waals surface area contributed by atoms with Crippen LogP contribution in [0.5, 0.6) is 0 Å². The van der Waals surface area contributed by atoms with Crippen LogP contribution in [0, 0.1) is 0 Å². The van der Waals surface area contributed by atoms with E-state index in [9.17, 15) is 18.0 Å². The van der Waals surface area contributed by atoms with Gasteiger partial charge in [0.1, 0.15) is 0 Å². The molecule has 0 N–H and O–H groups in total. The van der Waals surface area contributed by atoms with Crippen LogP contribution in [-0.4, -0.2) is 12.6 Å². The fraction of sp³-hybridized carbons (Fsp3) is 0.211. The molecule has 0 radical (unpaired) electrons. The molecule has 2 aromatic carbocycles. The first-order valence-electron chi connectivity index (χ1n) is 7.48. The molecule has 0 spiro atoms. The summed E-state index contributed by atoms with van der Waals surface area (Å²) >= 11 is 0. The summed E-state index contributed by atoms with van der Waals surface area (Å²) in [6, 6.07) is 12.6.